The molecule has 1 saturated heterocycles. The first-order valence-corrected chi connectivity index (χ1v) is 8.47. The van der Waals surface area contributed by atoms with E-state index < -0.39 is 8.80 Å². The van der Waals surface area contributed by atoms with Crippen LogP contribution in [0.15, 0.2) is 0 Å². The van der Waals surface area contributed by atoms with Gasteiger partial charge in [-0.05, 0) is 25.2 Å². The molecule has 0 amide bonds. The second kappa shape index (κ2) is 8.24. The molecule has 2 atom stereocenters. The average molecular weight is 278 g/mol. The largest absolute Gasteiger partial charge is 0.500 e. The van der Waals surface area contributed by atoms with E-state index in [2.05, 4.69) is 6.92 Å². The molecule has 1 aliphatic heterocycles. The summed E-state index contributed by atoms with van der Waals surface area (Å²) in [7, 11) is 2.42. The van der Waals surface area contributed by atoms with E-state index in [1.54, 1.807) is 21.3 Å². The predicted octanol–water partition coefficient (Wildman–Crippen LogP) is 2.04. The highest BCUT2D eigenvalue weighted by Crippen LogP contribution is 2.21. The fourth-order valence-electron chi connectivity index (χ4n) is 2.10. The number of ether oxygens (including phenoxy) is 2. The lowest BCUT2D eigenvalue weighted by Gasteiger charge is -2.28. The Hall–Kier alpha value is 0.0169. The van der Waals surface area contributed by atoms with Crippen molar-refractivity contribution in [2.75, 3.05) is 34.5 Å². The van der Waals surface area contributed by atoms with Gasteiger partial charge in [0.1, 0.15) is 0 Å². The van der Waals surface area contributed by atoms with Gasteiger partial charge in [0.25, 0.3) is 0 Å². The first kappa shape index (κ1) is 16.1. The highest BCUT2D eigenvalue weighted by Gasteiger charge is 2.39. The maximum absolute atomic E-state index is 5.76. The van der Waals surface area contributed by atoms with Crippen LogP contribution >= 0.6 is 0 Å². The highest BCUT2D eigenvalue weighted by molar-refractivity contribution is 6.60. The maximum atomic E-state index is 5.76. The zero-order chi connectivity index (χ0) is 13.4. The molecule has 108 valence electrons. The summed E-state index contributed by atoms with van der Waals surface area (Å²) in [5, 5.41) is 0. The third-order valence-corrected chi connectivity index (χ3v) is 6.30. The molecule has 2 unspecified atom stereocenters. The number of rotatable bonds is 8. The summed E-state index contributed by atoms with van der Waals surface area (Å²) >= 11 is 0. The minimum absolute atomic E-state index is 0.0371. The van der Waals surface area contributed by atoms with E-state index in [9.17, 15) is 0 Å². The van der Waals surface area contributed by atoms with Crippen molar-refractivity contribution >= 4 is 8.80 Å². The Morgan fingerprint density at radius 1 is 1.17 bits per heavy atom. The Labute approximate surface area is 111 Å². The summed E-state index contributed by atoms with van der Waals surface area (Å²) in [5.74, 6) is 0.321. The summed E-state index contributed by atoms with van der Waals surface area (Å²) in [5.41, 5.74) is 0. The van der Waals surface area contributed by atoms with Crippen LogP contribution in [-0.4, -0.2) is 49.6 Å². The molecule has 0 aliphatic carbocycles. The van der Waals surface area contributed by atoms with Gasteiger partial charge in [0.2, 0.25) is 0 Å². The van der Waals surface area contributed by atoms with Crippen LogP contribution in [0.5, 0.6) is 0 Å². The molecule has 18 heavy (non-hydrogen) atoms. The Morgan fingerprint density at radius 2 is 1.83 bits per heavy atom. The van der Waals surface area contributed by atoms with Crippen molar-refractivity contribution in [3.8, 4) is 0 Å². The second-order valence-electron chi connectivity index (χ2n) is 4.73. The minimum atomic E-state index is -2.49. The van der Waals surface area contributed by atoms with Gasteiger partial charge >= 0.3 is 8.80 Å². The Kier molecular flexibility index (Phi) is 7.36. The standard InChI is InChI=1S/C12H26O5Si/c1-11(10-18(13-2,14-3)15-4)9-17-12-7-5-6-8-16-12/h11-12H,5-10H2,1-4H3. The Morgan fingerprint density at radius 3 is 2.33 bits per heavy atom. The normalized spacial score (nSPS) is 23.0. The number of hydrogen-bond donors (Lipinski definition) is 0. The molecule has 0 spiro atoms. The van der Waals surface area contributed by atoms with Gasteiger partial charge in [-0.1, -0.05) is 6.92 Å². The molecule has 1 rings (SSSR count). The smallest absolute Gasteiger partial charge is 0.377 e. The number of hydrogen-bond acceptors (Lipinski definition) is 5. The van der Waals surface area contributed by atoms with Crippen molar-refractivity contribution in [2.24, 2.45) is 5.92 Å². The molecule has 1 aliphatic rings. The predicted molar refractivity (Wildman–Crippen MR) is 70.3 cm³/mol. The van der Waals surface area contributed by atoms with Gasteiger partial charge in [0, 0.05) is 34.0 Å². The quantitative estimate of drug-likeness (QED) is 0.636. The van der Waals surface area contributed by atoms with Crippen LogP contribution in [0.1, 0.15) is 26.2 Å². The summed E-state index contributed by atoms with van der Waals surface area (Å²) in [6.45, 7) is 3.57. The summed E-state index contributed by atoms with van der Waals surface area (Å²) in [4.78, 5) is 0. The van der Waals surface area contributed by atoms with Gasteiger partial charge < -0.3 is 22.8 Å². The van der Waals surface area contributed by atoms with Crippen molar-refractivity contribution < 1.29 is 22.8 Å². The van der Waals surface area contributed by atoms with Crippen LogP contribution in [0.4, 0.5) is 0 Å². The fourth-order valence-corrected chi connectivity index (χ4v) is 4.07. The zero-order valence-electron chi connectivity index (χ0n) is 11.9. The van der Waals surface area contributed by atoms with E-state index in [4.69, 9.17) is 22.8 Å². The molecule has 0 aromatic rings. The van der Waals surface area contributed by atoms with E-state index in [0.717, 1.165) is 25.5 Å². The monoisotopic (exact) mass is 278 g/mol. The summed E-state index contributed by atoms with van der Waals surface area (Å²) in [6.07, 6.45) is 3.28. The van der Waals surface area contributed by atoms with Crippen LogP contribution in [0.2, 0.25) is 6.04 Å². The van der Waals surface area contributed by atoms with Gasteiger partial charge in [0.05, 0.1) is 6.61 Å². The van der Waals surface area contributed by atoms with Crippen molar-refractivity contribution in [1.82, 2.24) is 0 Å². The van der Waals surface area contributed by atoms with Crippen LogP contribution in [-0.2, 0) is 22.8 Å². The highest BCUT2D eigenvalue weighted by atomic mass is 28.4. The van der Waals surface area contributed by atoms with Crippen molar-refractivity contribution in [1.29, 1.82) is 0 Å². The molecule has 0 N–H and O–H groups in total. The van der Waals surface area contributed by atoms with E-state index in [1.165, 1.54) is 6.42 Å². The fraction of sp³-hybridized carbons (Fsp3) is 1.00. The van der Waals surface area contributed by atoms with Crippen LogP contribution in [0, 0.1) is 5.92 Å². The van der Waals surface area contributed by atoms with E-state index in [1.807, 2.05) is 0 Å². The Bertz CT molecular complexity index is 208. The van der Waals surface area contributed by atoms with Gasteiger partial charge in [-0.2, -0.15) is 0 Å². The molecule has 1 fully saturated rings. The third-order valence-electron chi connectivity index (χ3n) is 3.24. The zero-order valence-corrected chi connectivity index (χ0v) is 12.9. The van der Waals surface area contributed by atoms with Crippen molar-refractivity contribution in [3.63, 3.8) is 0 Å². The maximum Gasteiger partial charge on any atom is 0.500 e. The van der Waals surface area contributed by atoms with Gasteiger partial charge in [0.15, 0.2) is 6.29 Å². The second-order valence-corrected chi connectivity index (χ2v) is 7.73. The van der Waals surface area contributed by atoms with Gasteiger partial charge in [-0.25, -0.2) is 0 Å². The molecule has 0 radical (unpaired) electrons. The summed E-state index contributed by atoms with van der Waals surface area (Å²) < 4.78 is 27.5. The van der Waals surface area contributed by atoms with Crippen LogP contribution < -0.4 is 0 Å². The molecule has 1 heterocycles. The first-order chi connectivity index (χ1) is 8.65. The first-order valence-electron chi connectivity index (χ1n) is 6.54. The molecule has 5 nitrogen and oxygen atoms in total. The molecule has 0 bridgehead atoms. The molecular formula is C12H26O5Si. The van der Waals surface area contributed by atoms with Crippen molar-refractivity contribution in [3.05, 3.63) is 0 Å². The SMILES string of the molecule is CO[Si](CC(C)COC1CCCCO1)(OC)OC. The van der Waals surface area contributed by atoms with E-state index in [0.29, 0.717) is 12.5 Å². The minimum Gasteiger partial charge on any atom is -0.377 e. The lowest BCUT2D eigenvalue weighted by atomic mass is 10.2. The molecule has 0 aromatic heterocycles. The van der Waals surface area contributed by atoms with E-state index >= 15 is 0 Å². The molecule has 6 heteroatoms. The molecular weight excluding hydrogens is 252 g/mol. The molecule has 0 saturated carbocycles. The van der Waals surface area contributed by atoms with Crippen LogP contribution in [0.25, 0.3) is 0 Å². The lowest BCUT2D eigenvalue weighted by Crippen LogP contribution is -2.44. The van der Waals surface area contributed by atoms with E-state index in [-0.39, 0.29) is 6.29 Å². The molecule has 0 aromatic carbocycles. The average Bonchev–Trinajstić information content (AvgIpc) is 2.44. The van der Waals surface area contributed by atoms with Crippen molar-refractivity contribution in [2.45, 2.75) is 38.5 Å². The third kappa shape index (κ3) is 4.95. The summed E-state index contributed by atoms with van der Waals surface area (Å²) in [6, 6.07) is 0.753. The topological polar surface area (TPSA) is 46.2 Å². The lowest BCUT2D eigenvalue weighted by molar-refractivity contribution is -0.167. The Balaban J connectivity index is 2.28. The van der Waals surface area contributed by atoms with Gasteiger partial charge in [-0.3, -0.25) is 0 Å². The van der Waals surface area contributed by atoms with Gasteiger partial charge in [-0.15, -0.1) is 0 Å². The van der Waals surface area contributed by atoms with Crippen LogP contribution in [0.3, 0.4) is 0 Å².